The van der Waals surface area contributed by atoms with Gasteiger partial charge in [-0.25, -0.2) is 9.59 Å². The molecule has 0 saturated carbocycles. The van der Waals surface area contributed by atoms with Gasteiger partial charge in [0.25, 0.3) is 5.91 Å². The first-order valence-electron chi connectivity index (χ1n) is 6.52. The Morgan fingerprint density at radius 1 is 1.35 bits per heavy atom. The highest BCUT2D eigenvalue weighted by molar-refractivity contribution is 7.16. The number of carbonyl (C=O) groups excluding carboxylic acids is 2. The van der Waals surface area contributed by atoms with Crippen LogP contribution in [-0.2, 0) is 11.8 Å². The molecular formula is C14H15N3O5S. The normalized spacial score (nSPS) is 10.4. The third kappa shape index (κ3) is 3.09. The standard InChI is InChI=1S/C14H15N3O5S/c1-6-7(2)23-12(9(6)14(21)22-4)15-11(18)10-8(13(19)20)5-17(3)16-10/h5H,1-4H3,(H,15,18)(H,19,20). The number of carbonyl (C=O) groups is 3. The van der Waals surface area contributed by atoms with Gasteiger partial charge in [-0.15, -0.1) is 11.3 Å². The van der Waals surface area contributed by atoms with Crippen molar-refractivity contribution >= 4 is 34.2 Å². The molecule has 0 aliphatic rings. The molecule has 23 heavy (non-hydrogen) atoms. The number of hydrogen-bond acceptors (Lipinski definition) is 6. The number of esters is 1. The SMILES string of the molecule is COC(=O)c1c(NC(=O)c2nn(C)cc2C(=O)O)sc(C)c1C. The second-order valence-electron chi connectivity index (χ2n) is 4.80. The quantitative estimate of drug-likeness (QED) is 0.824. The first-order valence-corrected chi connectivity index (χ1v) is 7.34. The third-order valence-corrected chi connectivity index (χ3v) is 4.40. The summed E-state index contributed by atoms with van der Waals surface area (Å²) in [4.78, 5) is 36.2. The highest BCUT2D eigenvalue weighted by Gasteiger charge is 2.25. The molecule has 2 aromatic heterocycles. The lowest BCUT2D eigenvalue weighted by molar-refractivity contribution is 0.0600. The van der Waals surface area contributed by atoms with Gasteiger partial charge < -0.3 is 15.2 Å². The molecule has 0 unspecified atom stereocenters. The zero-order chi connectivity index (χ0) is 17.3. The number of thiophene rings is 1. The molecule has 2 heterocycles. The summed E-state index contributed by atoms with van der Waals surface area (Å²) < 4.78 is 5.97. The van der Waals surface area contributed by atoms with E-state index in [-0.39, 0.29) is 16.8 Å². The van der Waals surface area contributed by atoms with E-state index in [1.54, 1.807) is 6.92 Å². The molecular weight excluding hydrogens is 322 g/mol. The van der Waals surface area contributed by atoms with Crippen LogP contribution in [0.3, 0.4) is 0 Å². The molecule has 0 bridgehead atoms. The number of nitrogens with zero attached hydrogens (tertiary/aromatic N) is 2. The lowest BCUT2D eigenvalue weighted by Gasteiger charge is -2.05. The summed E-state index contributed by atoms with van der Waals surface area (Å²) in [6.45, 7) is 3.56. The molecule has 0 aromatic carbocycles. The van der Waals surface area contributed by atoms with Crippen LogP contribution in [0.2, 0.25) is 0 Å². The van der Waals surface area contributed by atoms with Crippen molar-refractivity contribution in [3.8, 4) is 0 Å². The maximum atomic E-state index is 12.3. The molecule has 0 fully saturated rings. The first-order chi connectivity index (χ1) is 10.8. The van der Waals surface area contributed by atoms with Crippen molar-refractivity contribution in [3.63, 3.8) is 0 Å². The Morgan fingerprint density at radius 2 is 2.00 bits per heavy atom. The lowest BCUT2D eigenvalue weighted by Crippen LogP contribution is -2.17. The summed E-state index contributed by atoms with van der Waals surface area (Å²) in [6, 6.07) is 0. The number of carboxylic acid groups (broad SMARTS) is 1. The van der Waals surface area contributed by atoms with Crippen LogP contribution in [0.15, 0.2) is 6.20 Å². The van der Waals surface area contributed by atoms with E-state index in [1.165, 1.54) is 36.4 Å². The highest BCUT2D eigenvalue weighted by Crippen LogP contribution is 2.33. The molecule has 0 saturated heterocycles. The van der Waals surface area contributed by atoms with Crippen molar-refractivity contribution in [2.24, 2.45) is 7.05 Å². The van der Waals surface area contributed by atoms with Gasteiger partial charge in [0.15, 0.2) is 5.69 Å². The van der Waals surface area contributed by atoms with Crippen molar-refractivity contribution in [1.82, 2.24) is 9.78 Å². The summed E-state index contributed by atoms with van der Waals surface area (Å²) in [6.07, 6.45) is 1.24. The summed E-state index contributed by atoms with van der Waals surface area (Å²) in [7, 11) is 2.77. The number of rotatable bonds is 4. The number of carboxylic acids is 1. The van der Waals surface area contributed by atoms with Gasteiger partial charge in [0, 0.05) is 18.1 Å². The maximum absolute atomic E-state index is 12.3. The van der Waals surface area contributed by atoms with E-state index in [2.05, 4.69) is 10.4 Å². The van der Waals surface area contributed by atoms with Crippen LogP contribution in [0, 0.1) is 13.8 Å². The average molecular weight is 337 g/mol. The van der Waals surface area contributed by atoms with E-state index in [1.807, 2.05) is 6.92 Å². The number of ether oxygens (including phenoxy) is 1. The fourth-order valence-corrected chi connectivity index (χ4v) is 3.08. The highest BCUT2D eigenvalue weighted by atomic mass is 32.1. The Balaban J connectivity index is 2.40. The lowest BCUT2D eigenvalue weighted by atomic mass is 10.1. The number of methoxy groups -OCH3 is 1. The second kappa shape index (κ2) is 6.21. The Kier molecular flexibility index (Phi) is 4.50. The van der Waals surface area contributed by atoms with Gasteiger partial charge in [0.05, 0.1) is 12.7 Å². The third-order valence-electron chi connectivity index (χ3n) is 3.28. The number of aromatic nitrogens is 2. The molecule has 0 radical (unpaired) electrons. The Hall–Kier alpha value is -2.68. The fourth-order valence-electron chi connectivity index (χ4n) is 2.04. The van der Waals surface area contributed by atoms with Crippen LogP contribution in [0.25, 0.3) is 0 Å². The van der Waals surface area contributed by atoms with Crippen molar-refractivity contribution in [3.05, 3.63) is 33.5 Å². The molecule has 2 aromatic rings. The minimum atomic E-state index is -1.25. The van der Waals surface area contributed by atoms with Crippen LogP contribution < -0.4 is 5.32 Å². The Morgan fingerprint density at radius 3 is 2.57 bits per heavy atom. The van der Waals surface area contributed by atoms with Gasteiger partial charge >= 0.3 is 11.9 Å². The van der Waals surface area contributed by atoms with Crippen LogP contribution in [0.1, 0.15) is 41.6 Å². The van der Waals surface area contributed by atoms with Gasteiger partial charge in [-0.2, -0.15) is 5.10 Å². The first kappa shape index (κ1) is 16.7. The van der Waals surface area contributed by atoms with Crippen LogP contribution in [-0.4, -0.2) is 39.8 Å². The second-order valence-corrected chi connectivity index (χ2v) is 6.03. The number of aromatic carboxylic acids is 1. The molecule has 9 heteroatoms. The molecule has 122 valence electrons. The van der Waals surface area contributed by atoms with E-state index in [0.717, 1.165) is 4.88 Å². The van der Waals surface area contributed by atoms with Crippen LogP contribution in [0.5, 0.6) is 0 Å². The molecule has 0 atom stereocenters. The monoisotopic (exact) mass is 337 g/mol. The van der Waals surface area contributed by atoms with Crippen molar-refractivity contribution in [2.45, 2.75) is 13.8 Å². The predicted molar refractivity (Wildman–Crippen MR) is 83.3 cm³/mol. The van der Waals surface area contributed by atoms with E-state index < -0.39 is 17.8 Å². The van der Waals surface area contributed by atoms with Gasteiger partial charge in [-0.3, -0.25) is 9.48 Å². The summed E-state index contributed by atoms with van der Waals surface area (Å²) in [5.41, 5.74) is 0.530. The fraction of sp³-hybridized carbons (Fsp3) is 0.286. The minimum Gasteiger partial charge on any atom is -0.478 e. The Labute approximate surface area is 135 Å². The summed E-state index contributed by atoms with van der Waals surface area (Å²) >= 11 is 1.21. The number of aryl methyl sites for hydroxylation is 2. The van der Waals surface area contributed by atoms with Crippen LogP contribution in [0.4, 0.5) is 5.00 Å². The molecule has 0 spiro atoms. The molecule has 1 amide bonds. The molecule has 0 aliphatic carbocycles. The van der Waals surface area contributed by atoms with E-state index in [4.69, 9.17) is 9.84 Å². The largest absolute Gasteiger partial charge is 0.478 e. The molecule has 0 aliphatic heterocycles. The average Bonchev–Trinajstić information content (AvgIpc) is 3.00. The zero-order valence-electron chi connectivity index (χ0n) is 13.0. The number of anilines is 1. The van der Waals surface area contributed by atoms with Gasteiger partial charge in [-0.1, -0.05) is 0 Å². The number of hydrogen-bond donors (Lipinski definition) is 2. The molecule has 8 nitrogen and oxygen atoms in total. The van der Waals surface area contributed by atoms with E-state index >= 15 is 0 Å². The van der Waals surface area contributed by atoms with Crippen molar-refractivity contribution in [1.29, 1.82) is 0 Å². The van der Waals surface area contributed by atoms with Gasteiger partial charge in [0.2, 0.25) is 0 Å². The number of amides is 1. The van der Waals surface area contributed by atoms with Gasteiger partial charge in [0.1, 0.15) is 10.6 Å². The van der Waals surface area contributed by atoms with Crippen molar-refractivity contribution in [2.75, 3.05) is 12.4 Å². The Bertz CT molecular complexity index is 806. The molecule has 2 rings (SSSR count). The summed E-state index contributed by atoms with van der Waals surface area (Å²) in [5, 5.41) is 15.8. The molecule has 2 N–H and O–H groups in total. The van der Waals surface area contributed by atoms with Crippen LogP contribution >= 0.6 is 11.3 Å². The summed E-state index contributed by atoms with van der Waals surface area (Å²) in [5.74, 6) is -2.52. The minimum absolute atomic E-state index is 0.213. The maximum Gasteiger partial charge on any atom is 0.341 e. The zero-order valence-corrected chi connectivity index (χ0v) is 13.8. The van der Waals surface area contributed by atoms with Crippen molar-refractivity contribution < 1.29 is 24.2 Å². The van der Waals surface area contributed by atoms with Gasteiger partial charge in [-0.05, 0) is 19.4 Å². The predicted octanol–water partition coefficient (Wildman–Crippen LogP) is 1.84. The van der Waals surface area contributed by atoms with E-state index in [0.29, 0.717) is 10.6 Å². The smallest absolute Gasteiger partial charge is 0.341 e. The topological polar surface area (TPSA) is 111 Å². The van der Waals surface area contributed by atoms with E-state index in [9.17, 15) is 14.4 Å². The number of nitrogens with one attached hydrogen (secondary N) is 1.